The van der Waals surface area contributed by atoms with Gasteiger partial charge in [-0.2, -0.15) is 26.3 Å². The van der Waals surface area contributed by atoms with Crippen molar-refractivity contribution in [2.24, 2.45) is 0 Å². The second-order valence-electron chi connectivity index (χ2n) is 2.75. The molecule has 0 aromatic carbocycles. The Bertz CT molecular complexity index is 408. The van der Waals surface area contributed by atoms with Crippen LogP contribution in [-0.2, 0) is 12.4 Å². The Kier molecular flexibility index (Phi) is 2.93. The maximum absolute atomic E-state index is 12.2. The zero-order valence-electron chi connectivity index (χ0n) is 7.36. The summed E-state index contributed by atoms with van der Waals surface area (Å²) in [5, 5.41) is 0. The molecule has 0 aliphatic heterocycles. The van der Waals surface area contributed by atoms with E-state index < -0.39 is 29.3 Å². The molecule has 16 heavy (non-hydrogen) atoms. The average molecular weight is 243 g/mol. The summed E-state index contributed by atoms with van der Waals surface area (Å²) in [6, 6.07) is 0.755. The highest BCUT2D eigenvalue weighted by Crippen LogP contribution is 2.34. The number of aromatic nitrogens is 1. The first kappa shape index (κ1) is 12.5. The molecule has 0 unspecified atom stereocenters. The summed E-state index contributed by atoms with van der Waals surface area (Å²) in [6.45, 7) is 0. The molecule has 1 heterocycles. The molecule has 2 nitrogen and oxygen atoms in total. The van der Waals surface area contributed by atoms with E-state index in [2.05, 4.69) is 4.98 Å². The van der Waals surface area contributed by atoms with Gasteiger partial charge < -0.3 is 0 Å². The highest BCUT2D eigenvalue weighted by atomic mass is 19.4. The van der Waals surface area contributed by atoms with Crippen molar-refractivity contribution in [2.45, 2.75) is 12.4 Å². The van der Waals surface area contributed by atoms with Crippen LogP contribution in [0.25, 0.3) is 0 Å². The minimum atomic E-state index is -5.10. The molecule has 0 atom stereocenters. The van der Waals surface area contributed by atoms with Crippen LogP contribution in [0.4, 0.5) is 26.3 Å². The molecule has 88 valence electrons. The van der Waals surface area contributed by atoms with Crippen molar-refractivity contribution in [3.63, 3.8) is 0 Å². The van der Waals surface area contributed by atoms with Crippen LogP contribution in [0.1, 0.15) is 21.7 Å². The van der Waals surface area contributed by atoms with Crippen LogP contribution in [0.15, 0.2) is 12.1 Å². The summed E-state index contributed by atoms with van der Waals surface area (Å²) in [7, 11) is 0. The van der Waals surface area contributed by atoms with Crippen LogP contribution in [0.5, 0.6) is 0 Å². The van der Waals surface area contributed by atoms with Crippen molar-refractivity contribution in [1.29, 1.82) is 0 Å². The second-order valence-corrected chi connectivity index (χ2v) is 2.75. The molecule has 0 fully saturated rings. The smallest absolute Gasteiger partial charge is 0.298 e. The number of carbonyl (C=O) groups excluding carboxylic acids is 1. The van der Waals surface area contributed by atoms with Gasteiger partial charge in [-0.05, 0) is 12.1 Å². The molecule has 0 bridgehead atoms. The summed E-state index contributed by atoms with van der Waals surface area (Å²) in [5.74, 6) is 0. The molecule has 1 aromatic rings. The maximum atomic E-state index is 12.2. The molecule has 1 rings (SSSR count). The van der Waals surface area contributed by atoms with Crippen molar-refractivity contribution >= 4 is 6.29 Å². The fourth-order valence-corrected chi connectivity index (χ4v) is 0.950. The number of alkyl halides is 6. The van der Waals surface area contributed by atoms with Crippen molar-refractivity contribution in [1.82, 2.24) is 4.98 Å². The third-order valence-corrected chi connectivity index (χ3v) is 1.61. The largest absolute Gasteiger partial charge is 0.434 e. The Balaban J connectivity index is 3.39. The van der Waals surface area contributed by atoms with Gasteiger partial charge in [0.1, 0.15) is 5.69 Å². The van der Waals surface area contributed by atoms with Crippen LogP contribution in [0.3, 0.4) is 0 Å². The van der Waals surface area contributed by atoms with Crippen molar-refractivity contribution < 1.29 is 31.1 Å². The number of aldehydes is 1. The lowest BCUT2D eigenvalue weighted by molar-refractivity contribution is -0.150. The summed E-state index contributed by atoms with van der Waals surface area (Å²) in [6.07, 6.45) is -10.3. The third kappa shape index (κ3) is 2.50. The number of pyridine rings is 1. The van der Waals surface area contributed by atoms with E-state index in [0.29, 0.717) is 12.1 Å². The van der Waals surface area contributed by atoms with Gasteiger partial charge in [0.2, 0.25) is 0 Å². The van der Waals surface area contributed by atoms with E-state index in [1.54, 1.807) is 0 Å². The zero-order valence-corrected chi connectivity index (χ0v) is 7.36. The summed E-state index contributed by atoms with van der Waals surface area (Å²) < 4.78 is 72.9. The number of nitrogens with zero attached hydrogens (tertiary/aromatic N) is 1. The first-order valence-electron chi connectivity index (χ1n) is 3.77. The quantitative estimate of drug-likeness (QED) is 0.560. The van der Waals surface area contributed by atoms with Gasteiger partial charge in [0.15, 0.2) is 12.0 Å². The molecule has 0 spiro atoms. The molecule has 0 N–H and O–H groups in total. The van der Waals surface area contributed by atoms with Gasteiger partial charge in [-0.3, -0.25) is 4.79 Å². The molecule has 0 amide bonds. The lowest BCUT2D eigenvalue weighted by atomic mass is 10.2. The predicted molar refractivity (Wildman–Crippen MR) is 39.6 cm³/mol. The SMILES string of the molecule is O=Cc1ccc(C(F)(F)F)nc1C(F)(F)F. The number of halogens is 6. The number of carbonyl (C=O) groups is 1. The lowest BCUT2D eigenvalue weighted by Gasteiger charge is -2.11. The summed E-state index contributed by atoms with van der Waals surface area (Å²) in [5.41, 5.74) is -4.46. The second kappa shape index (κ2) is 3.76. The summed E-state index contributed by atoms with van der Waals surface area (Å²) >= 11 is 0. The van der Waals surface area contributed by atoms with E-state index in [0.717, 1.165) is 0 Å². The zero-order chi connectivity index (χ0) is 12.6. The average Bonchev–Trinajstić information content (AvgIpc) is 2.14. The molecule has 8 heteroatoms. The molecule has 0 aliphatic rings. The molecule has 0 saturated heterocycles. The Labute approximate surface area is 84.9 Å². The minimum Gasteiger partial charge on any atom is -0.298 e. The molecular weight excluding hydrogens is 240 g/mol. The van der Waals surface area contributed by atoms with Crippen molar-refractivity contribution in [3.05, 3.63) is 29.1 Å². The molecule has 0 radical (unpaired) electrons. The Morgan fingerprint density at radius 1 is 1.00 bits per heavy atom. The van der Waals surface area contributed by atoms with E-state index in [9.17, 15) is 31.1 Å². The Morgan fingerprint density at radius 3 is 1.94 bits per heavy atom. The standard InChI is InChI=1S/C8H3F6NO/c9-7(10,11)5-2-1-4(3-16)6(15-5)8(12,13)14/h1-3H. The Hall–Kier alpha value is -1.60. The molecule has 0 saturated carbocycles. The number of hydrogen-bond donors (Lipinski definition) is 0. The van der Waals surface area contributed by atoms with Crippen LogP contribution in [0.2, 0.25) is 0 Å². The molecule has 0 aliphatic carbocycles. The fourth-order valence-electron chi connectivity index (χ4n) is 0.950. The summed E-state index contributed by atoms with van der Waals surface area (Å²) in [4.78, 5) is 12.6. The third-order valence-electron chi connectivity index (χ3n) is 1.61. The van der Waals surface area contributed by atoms with Crippen molar-refractivity contribution in [2.75, 3.05) is 0 Å². The highest BCUT2D eigenvalue weighted by Gasteiger charge is 2.39. The van der Waals surface area contributed by atoms with Crippen LogP contribution < -0.4 is 0 Å². The first-order chi connectivity index (χ1) is 7.16. The first-order valence-corrected chi connectivity index (χ1v) is 3.77. The van der Waals surface area contributed by atoms with E-state index in [-0.39, 0.29) is 6.29 Å². The van der Waals surface area contributed by atoms with Crippen LogP contribution in [-0.4, -0.2) is 11.3 Å². The topological polar surface area (TPSA) is 30.0 Å². The number of rotatable bonds is 1. The van der Waals surface area contributed by atoms with Gasteiger partial charge in [0, 0.05) is 5.56 Å². The normalized spacial score (nSPS) is 12.6. The molecule has 1 aromatic heterocycles. The van der Waals surface area contributed by atoms with Gasteiger partial charge in [0.25, 0.3) is 0 Å². The van der Waals surface area contributed by atoms with Crippen LogP contribution in [0, 0.1) is 0 Å². The van der Waals surface area contributed by atoms with E-state index in [4.69, 9.17) is 0 Å². The van der Waals surface area contributed by atoms with Gasteiger partial charge in [-0.1, -0.05) is 0 Å². The van der Waals surface area contributed by atoms with E-state index in [1.165, 1.54) is 0 Å². The van der Waals surface area contributed by atoms with Gasteiger partial charge in [0.05, 0.1) is 0 Å². The van der Waals surface area contributed by atoms with Crippen LogP contribution >= 0.6 is 0 Å². The maximum Gasteiger partial charge on any atom is 0.434 e. The Morgan fingerprint density at radius 2 is 1.56 bits per heavy atom. The van der Waals surface area contributed by atoms with E-state index >= 15 is 0 Å². The van der Waals surface area contributed by atoms with Gasteiger partial charge >= 0.3 is 12.4 Å². The predicted octanol–water partition coefficient (Wildman–Crippen LogP) is 2.93. The number of hydrogen-bond acceptors (Lipinski definition) is 2. The monoisotopic (exact) mass is 243 g/mol. The van der Waals surface area contributed by atoms with Crippen molar-refractivity contribution in [3.8, 4) is 0 Å². The van der Waals surface area contributed by atoms with E-state index in [1.807, 2.05) is 0 Å². The minimum absolute atomic E-state index is 0.198. The fraction of sp³-hybridized carbons (Fsp3) is 0.250. The lowest BCUT2D eigenvalue weighted by Crippen LogP contribution is -2.17. The van der Waals surface area contributed by atoms with Gasteiger partial charge in [-0.25, -0.2) is 4.98 Å². The van der Waals surface area contributed by atoms with Gasteiger partial charge in [-0.15, -0.1) is 0 Å². The highest BCUT2D eigenvalue weighted by molar-refractivity contribution is 5.76. The molecular formula is C8H3F6NO.